The Morgan fingerprint density at radius 3 is 2.00 bits per heavy atom. The molecular formula is C21H34N2O4. The lowest BCUT2D eigenvalue weighted by atomic mass is 10.0. The number of rotatable bonds is 7. The van der Waals surface area contributed by atoms with Gasteiger partial charge >= 0.3 is 12.2 Å². The molecule has 1 aromatic rings. The molecule has 0 spiro atoms. The van der Waals surface area contributed by atoms with Crippen LogP contribution in [0.3, 0.4) is 0 Å². The van der Waals surface area contributed by atoms with E-state index in [1.807, 2.05) is 59.7 Å². The van der Waals surface area contributed by atoms with Crippen LogP contribution in [0, 0.1) is 0 Å². The Hall–Kier alpha value is -2.24. The van der Waals surface area contributed by atoms with Crippen molar-refractivity contribution in [3.63, 3.8) is 0 Å². The number of ether oxygens (including phenoxy) is 2. The van der Waals surface area contributed by atoms with E-state index in [4.69, 9.17) is 9.47 Å². The van der Waals surface area contributed by atoms with Crippen molar-refractivity contribution >= 4 is 12.2 Å². The van der Waals surface area contributed by atoms with E-state index in [0.29, 0.717) is 13.0 Å². The Kier molecular flexibility index (Phi) is 8.60. The van der Waals surface area contributed by atoms with Gasteiger partial charge in [0.15, 0.2) is 0 Å². The fourth-order valence-electron chi connectivity index (χ4n) is 2.41. The highest BCUT2D eigenvalue weighted by Gasteiger charge is 2.20. The van der Waals surface area contributed by atoms with Gasteiger partial charge in [-0.05, 0) is 66.4 Å². The first-order chi connectivity index (χ1) is 12.4. The van der Waals surface area contributed by atoms with Gasteiger partial charge in [-0.1, -0.05) is 30.3 Å². The highest BCUT2D eigenvalue weighted by atomic mass is 16.6. The summed E-state index contributed by atoms with van der Waals surface area (Å²) in [4.78, 5) is 23.9. The van der Waals surface area contributed by atoms with Crippen molar-refractivity contribution in [1.29, 1.82) is 0 Å². The van der Waals surface area contributed by atoms with Gasteiger partial charge in [-0.2, -0.15) is 0 Å². The number of amides is 2. The van der Waals surface area contributed by atoms with E-state index >= 15 is 0 Å². The summed E-state index contributed by atoms with van der Waals surface area (Å²) in [7, 11) is 0. The highest BCUT2D eigenvalue weighted by molar-refractivity contribution is 5.68. The van der Waals surface area contributed by atoms with Gasteiger partial charge in [0, 0.05) is 12.6 Å². The first-order valence-electron chi connectivity index (χ1n) is 9.45. The van der Waals surface area contributed by atoms with Crippen molar-refractivity contribution in [2.24, 2.45) is 0 Å². The lowest BCUT2D eigenvalue weighted by Crippen LogP contribution is -2.41. The van der Waals surface area contributed by atoms with E-state index in [1.165, 1.54) is 5.56 Å². The Morgan fingerprint density at radius 1 is 0.889 bits per heavy atom. The van der Waals surface area contributed by atoms with Crippen molar-refractivity contribution in [2.45, 2.75) is 78.0 Å². The minimum absolute atomic E-state index is 0.116. The van der Waals surface area contributed by atoms with Crippen LogP contribution < -0.4 is 10.6 Å². The summed E-state index contributed by atoms with van der Waals surface area (Å²) >= 11 is 0. The average Bonchev–Trinajstić information content (AvgIpc) is 2.49. The van der Waals surface area contributed by atoms with Crippen LogP contribution in [0.25, 0.3) is 0 Å². The molecule has 2 N–H and O–H groups in total. The van der Waals surface area contributed by atoms with Gasteiger partial charge in [-0.15, -0.1) is 0 Å². The van der Waals surface area contributed by atoms with Gasteiger partial charge in [0.2, 0.25) is 0 Å². The number of carbonyl (C=O) groups excluding carboxylic acids is 2. The van der Waals surface area contributed by atoms with Crippen LogP contribution in [0.5, 0.6) is 0 Å². The molecule has 27 heavy (non-hydrogen) atoms. The molecule has 152 valence electrons. The lowest BCUT2D eigenvalue weighted by molar-refractivity contribution is 0.0497. The molecule has 0 unspecified atom stereocenters. The maximum absolute atomic E-state index is 12.1. The van der Waals surface area contributed by atoms with Crippen molar-refractivity contribution in [1.82, 2.24) is 10.6 Å². The number of alkyl carbamates (subject to hydrolysis) is 2. The third-order valence-corrected chi connectivity index (χ3v) is 3.51. The summed E-state index contributed by atoms with van der Waals surface area (Å²) in [5.74, 6) is 0. The van der Waals surface area contributed by atoms with Gasteiger partial charge in [-0.25, -0.2) is 9.59 Å². The summed E-state index contributed by atoms with van der Waals surface area (Å²) in [5.41, 5.74) is 0.113. The zero-order valence-corrected chi connectivity index (χ0v) is 17.4. The molecule has 0 fully saturated rings. The SMILES string of the molecule is CC(C)(C)OC(=O)NCC[C@H](CCc1ccccc1)NC(=O)OC(C)(C)C. The van der Waals surface area contributed by atoms with E-state index < -0.39 is 23.4 Å². The molecule has 2 amide bonds. The average molecular weight is 379 g/mol. The molecule has 0 aliphatic carbocycles. The molecule has 0 saturated heterocycles. The monoisotopic (exact) mass is 378 g/mol. The van der Waals surface area contributed by atoms with Crippen LogP contribution in [0.1, 0.15) is 59.9 Å². The topological polar surface area (TPSA) is 76.7 Å². The van der Waals surface area contributed by atoms with Gasteiger partial charge in [0.1, 0.15) is 11.2 Å². The van der Waals surface area contributed by atoms with Crippen LogP contribution >= 0.6 is 0 Å². The molecule has 0 aliphatic rings. The van der Waals surface area contributed by atoms with E-state index in [0.717, 1.165) is 12.8 Å². The molecule has 1 aromatic carbocycles. The highest BCUT2D eigenvalue weighted by Crippen LogP contribution is 2.11. The van der Waals surface area contributed by atoms with E-state index in [-0.39, 0.29) is 6.04 Å². The van der Waals surface area contributed by atoms with Crippen LogP contribution in [0.15, 0.2) is 30.3 Å². The summed E-state index contributed by atoms with van der Waals surface area (Å²) < 4.78 is 10.6. The minimum atomic E-state index is -0.553. The number of nitrogens with one attached hydrogen (secondary N) is 2. The Balaban J connectivity index is 2.56. The summed E-state index contributed by atoms with van der Waals surface area (Å²) in [6.45, 7) is 11.4. The number of carbonyl (C=O) groups is 2. The molecule has 1 atom stereocenters. The van der Waals surface area contributed by atoms with Crippen molar-refractivity contribution < 1.29 is 19.1 Å². The first-order valence-corrected chi connectivity index (χ1v) is 9.45. The van der Waals surface area contributed by atoms with Crippen molar-refractivity contribution in [3.8, 4) is 0 Å². The second-order valence-corrected chi connectivity index (χ2v) is 8.58. The molecule has 0 heterocycles. The molecule has 0 bridgehead atoms. The standard InChI is InChI=1S/C21H34N2O4/c1-20(2,3)26-18(24)22-15-14-17(23-19(25)27-21(4,5)6)13-12-16-10-8-7-9-11-16/h7-11,17H,12-15H2,1-6H3,(H,22,24)(H,23,25)/t17-/m0/s1. The Labute approximate surface area is 163 Å². The maximum atomic E-state index is 12.1. The molecule has 0 saturated carbocycles. The molecule has 0 aliphatic heterocycles. The van der Waals surface area contributed by atoms with Gasteiger partial charge in [0.05, 0.1) is 0 Å². The summed E-state index contributed by atoms with van der Waals surface area (Å²) in [6, 6.07) is 9.97. The van der Waals surface area contributed by atoms with E-state index in [2.05, 4.69) is 22.8 Å². The number of benzene rings is 1. The Bertz CT molecular complexity index is 588. The zero-order chi connectivity index (χ0) is 20.5. The summed E-state index contributed by atoms with van der Waals surface area (Å²) in [5, 5.41) is 5.65. The molecule has 0 aromatic heterocycles. The quantitative estimate of drug-likeness (QED) is 0.736. The minimum Gasteiger partial charge on any atom is -0.444 e. The zero-order valence-electron chi connectivity index (χ0n) is 17.4. The molecule has 6 nitrogen and oxygen atoms in total. The molecule has 0 radical (unpaired) electrons. The molecular weight excluding hydrogens is 344 g/mol. The third-order valence-electron chi connectivity index (χ3n) is 3.51. The normalized spacial score (nSPS) is 12.8. The van der Waals surface area contributed by atoms with Crippen molar-refractivity contribution in [2.75, 3.05) is 6.54 Å². The lowest BCUT2D eigenvalue weighted by Gasteiger charge is -2.24. The smallest absolute Gasteiger partial charge is 0.407 e. The molecule has 6 heteroatoms. The third kappa shape index (κ3) is 11.9. The molecule has 1 rings (SSSR count). The largest absolute Gasteiger partial charge is 0.444 e. The number of hydrogen-bond donors (Lipinski definition) is 2. The predicted molar refractivity (Wildman–Crippen MR) is 107 cm³/mol. The van der Waals surface area contributed by atoms with Gasteiger partial charge in [-0.3, -0.25) is 0 Å². The second-order valence-electron chi connectivity index (χ2n) is 8.58. The summed E-state index contributed by atoms with van der Waals surface area (Å²) in [6.07, 6.45) is 1.26. The fraction of sp³-hybridized carbons (Fsp3) is 0.619. The van der Waals surface area contributed by atoms with Crippen molar-refractivity contribution in [3.05, 3.63) is 35.9 Å². The van der Waals surface area contributed by atoms with E-state index in [1.54, 1.807) is 0 Å². The number of aryl methyl sites for hydroxylation is 1. The fourth-order valence-corrected chi connectivity index (χ4v) is 2.41. The Morgan fingerprint density at radius 2 is 1.44 bits per heavy atom. The van der Waals surface area contributed by atoms with Gasteiger partial charge in [0.25, 0.3) is 0 Å². The number of hydrogen-bond acceptors (Lipinski definition) is 4. The van der Waals surface area contributed by atoms with Crippen LogP contribution in [0.4, 0.5) is 9.59 Å². The van der Waals surface area contributed by atoms with Crippen LogP contribution in [0.2, 0.25) is 0 Å². The van der Waals surface area contributed by atoms with Crippen LogP contribution in [-0.2, 0) is 15.9 Å². The van der Waals surface area contributed by atoms with E-state index in [9.17, 15) is 9.59 Å². The predicted octanol–water partition coefficient (Wildman–Crippen LogP) is 4.43. The van der Waals surface area contributed by atoms with Crippen LogP contribution in [-0.4, -0.2) is 36.0 Å². The first kappa shape index (κ1) is 22.8. The maximum Gasteiger partial charge on any atom is 0.407 e. The second kappa shape index (κ2) is 10.2. The van der Waals surface area contributed by atoms with Gasteiger partial charge < -0.3 is 20.1 Å².